The molecule has 0 unspecified atom stereocenters. The van der Waals surface area contributed by atoms with E-state index < -0.39 is 0 Å². The Morgan fingerprint density at radius 3 is 1.49 bits per heavy atom. The number of fused-ring (bicyclic) bond motifs is 2. The summed E-state index contributed by atoms with van der Waals surface area (Å²) in [6.45, 7) is 0. The van der Waals surface area contributed by atoms with Crippen molar-refractivity contribution in [2.45, 2.75) is 0 Å². The molecule has 4 heteroatoms. The van der Waals surface area contributed by atoms with Crippen LogP contribution in [-0.4, -0.2) is 16.4 Å². The molecule has 1 aliphatic carbocycles. The van der Waals surface area contributed by atoms with Crippen LogP contribution in [0.25, 0.3) is 60.5 Å². The Hall–Kier alpha value is -6.39. The number of nitrogens with one attached hydrogen (secondary N) is 2. The molecule has 1 aromatic heterocycles. The minimum absolute atomic E-state index is 0.245. The van der Waals surface area contributed by atoms with Gasteiger partial charge in [-0.05, 0) is 102 Å². The SMILES string of the molecule is N=C1C=CC(c2ccc(-c3c4ccccc4c(-c4ccccc4)c4ccccc34)cc2)=CC1=N.Nc1cccc(-c2ccncc2)c1. The maximum atomic E-state index is 7.97. The number of anilines is 1. The van der Waals surface area contributed by atoms with Crippen molar-refractivity contribution in [2.75, 3.05) is 5.73 Å². The zero-order chi connectivity index (χ0) is 32.2. The van der Waals surface area contributed by atoms with Crippen LogP contribution in [0.15, 0.2) is 170 Å². The predicted octanol–water partition coefficient (Wildman–Crippen LogP) is 10.7. The lowest BCUT2D eigenvalue weighted by molar-refractivity contribution is 1.33. The minimum atomic E-state index is 0.245. The number of rotatable bonds is 4. The molecule has 1 aliphatic rings. The van der Waals surface area contributed by atoms with E-state index >= 15 is 0 Å². The number of pyridine rings is 1. The Morgan fingerprint density at radius 1 is 0.426 bits per heavy atom. The second-order valence-corrected chi connectivity index (χ2v) is 11.4. The van der Waals surface area contributed by atoms with Crippen LogP contribution in [0.1, 0.15) is 5.56 Å². The Bertz CT molecular complexity index is 2260. The van der Waals surface area contributed by atoms with E-state index in [1.165, 1.54) is 43.8 Å². The molecule has 47 heavy (non-hydrogen) atoms. The van der Waals surface area contributed by atoms with Gasteiger partial charge in [0.2, 0.25) is 0 Å². The molecular formula is C43H32N4. The molecular weight excluding hydrogens is 573 g/mol. The summed E-state index contributed by atoms with van der Waals surface area (Å²) in [4.78, 5) is 3.96. The summed E-state index contributed by atoms with van der Waals surface area (Å²) in [6, 6.07) is 48.3. The first-order valence-electron chi connectivity index (χ1n) is 15.5. The third kappa shape index (κ3) is 6.00. The third-order valence-electron chi connectivity index (χ3n) is 8.42. The molecule has 0 amide bonds. The Morgan fingerprint density at radius 2 is 0.936 bits per heavy atom. The van der Waals surface area contributed by atoms with Crippen LogP contribution >= 0.6 is 0 Å². The molecule has 0 atom stereocenters. The van der Waals surface area contributed by atoms with Crippen LogP contribution in [0.5, 0.6) is 0 Å². The summed E-state index contributed by atoms with van der Waals surface area (Å²) in [5, 5.41) is 20.7. The molecule has 4 nitrogen and oxygen atoms in total. The first-order valence-corrected chi connectivity index (χ1v) is 15.5. The molecule has 0 bridgehead atoms. The normalized spacial score (nSPS) is 12.5. The number of hydrogen-bond acceptors (Lipinski definition) is 4. The van der Waals surface area contributed by atoms with Crippen molar-refractivity contribution in [1.29, 1.82) is 10.8 Å². The van der Waals surface area contributed by atoms with Crippen molar-refractivity contribution in [1.82, 2.24) is 4.98 Å². The molecule has 6 aromatic carbocycles. The first kappa shape index (κ1) is 29.3. The van der Waals surface area contributed by atoms with Gasteiger partial charge < -0.3 is 5.73 Å². The van der Waals surface area contributed by atoms with E-state index in [1.807, 2.05) is 42.5 Å². The van der Waals surface area contributed by atoms with Crippen LogP contribution in [-0.2, 0) is 0 Å². The highest BCUT2D eigenvalue weighted by atomic mass is 14.6. The molecule has 224 valence electrons. The van der Waals surface area contributed by atoms with Gasteiger partial charge >= 0.3 is 0 Å². The molecule has 0 radical (unpaired) electrons. The Balaban J connectivity index is 0.000000226. The summed E-state index contributed by atoms with van der Waals surface area (Å²) in [5.41, 5.74) is 16.1. The molecule has 0 fully saturated rings. The summed E-state index contributed by atoms with van der Waals surface area (Å²) in [7, 11) is 0. The molecule has 0 saturated heterocycles. The van der Waals surface area contributed by atoms with Crippen molar-refractivity contribution in [3.63, 3.8) is 0 Å². The molecule has 8 rings (SSSR count). The van der Waals surface area contributed by atoms with Crippen LogP contribution in [0, 0.1) is 10.8 Å². The molecule has 0 saturated carbocycles. The zero-order valence-electron chi connectivity index (χ0n) is 25.7. The Labute approximate surface area is 274 Å². The monoisotopic (exact) mass is 604 g/mol. The number of hydrogen-bond donors (Lipinski definition) is 3. The van der Waals surface area contributed by atoms with Gasteiger partial charge in [-0.15, -0.1) is 0 Å². The van der Waals surface area contributed by atoms with Gasteiger partial charge in [0, 0.05) is 18.1 Å². The topological polar surface area (TPSA) is 86.6 Å². The van der Waals surface area contributed by atoms with E-state index in [1.54, 1.807) is 24.5 Å². The lowest BCUT2D eigenvalue weighted by atomic mass is 9.85. The fourth-order valence-electron chi connectivity index (χ4n) is 6.17. The van der Waals surface area contributed by atoms with Crippen LogP contribution in [0.3, 0.4) is 0 Å². The van der Waals surface area contributed by atoms with Crippen LogP contribution in [0.2, 0.25) is 0 Å². The fourth-order valence-corrected chi connectivity index (χ4v) is 6.17. The number of benzene rings is 6. The number of allylic oxidation sites excluding steroid dienone is 4. The van der Waals surface area contributed by atoms with Crippen molar-refractivity contribution in [2.24, 2.45) is 0 Å². The van der Waals surface area contributed by atoms with Crippen molar-refractivity contribution >= 4 is 44.2 Å². The fraction of sp³-hybridized carbons (Fsp3) is 0. The van der Waals surface area contributed by atoms with Crippen molar-refractivity contribution in [3.05, 3.63) is 176 Å². The van der Waals surface area contributed by atoms with Gasteiger partial charge in [0.25, 0.3) is 0 Å². The maximum Gasteiger partial charge on any atom is 0.0795 e. The van der Waals surface area contributed by atoms with Gasteiger partial charge in [-0.3, -0.25) is 15.8 Å². The lowest BCUT2D eigenvalue weighted by Crippen LogP contribution is -2.09. The van der Waals surface area contributed by atoms with E-state index in [-0.39, 0.29) is 11.4 Å². The molecule has 0 aliphatic heterocycles. The van der Waals surface area contributed by atoms with Gasteiger partial charge in [-0.1, -0.05) is 121 Å². The lowest BCUT2D eigenvalue weighted by Gasteiger charge is -2.18. The number of aromatic nitrogens is 1. The van der Waals surface area contributed by atoms with Gasteiger partial charge in [-0.25, -0.2) is 0 Å². The van der Waals surface area contributed by atoms with Gasteiger partial charge in [0.05, 0.1) is 11.4 Å². The summed E-state index contributed by atoms with van der Waals surface area (Å²) >= 11 is 0. The highest BCUT2D eigenvalue weighted by Crippen LogP contribution is 2.43. The maximum absolute atomic E-state index is 7.97. The zero-order valence-corrected chi connectivity index (χ0v) is 25.7. The summed E-state index contributed by atoms with van der Waals surface area (Å²) < 4.78 is 0. The molecule has 0 spiro atoms. The first-order chi connectivity index (χ1) is 23.1. The highest BCUT2D eigenvalue weighted by molar-refractivity contribution is 6.50. The van der Waals surface area contributed by atoms with Crippen molar-refractivity contribution in [3.8, 4) is 33.4 Å². The Kier molecular flexibility index (Phi) is 8.06. The number of nitrogen functional groups attached to an aromatic ring is 1. The van der Waals surface area contributed by atoms with E-state index in [4.69, 9.17) is 16.6 Å². The summed E-state index contributed by atoms with van der Waals surface area (Å²) in [5.74, 6) is 0. The predicted molar refractivity (Wildman–Crippen MR) is 199 cm³/mol. The average Bonchev–Trinajstić information content (AvgIpc) is 3.13. The van der Waals surface area contributed by atoms with E-state index in [0.29, 0.717) is 0 Å². The van der Waals surface area contributed by atoms with Gasteiger partial charge in [0.15, 0.2) is 0 Å². The molecule has 7 aromatic rings. The number of nitrogens with two attached hydrogens (primary N) is 1. The third-order valence-corrected chi connectivity index (χ3v) is 8.42. The standard InChI is InChI=1S/C32H22N2.C11H10N2/c33-29-19-18-24(20-30(29)34)21-14-16-23(17-15-21)32-27-12-6-4-10-25(27)31(22-8-2-1-3-9-22)26-11-5-7-13-28(26)32;12-11-3-1-2-10(8-11)9-4-6-13-7-5-9/h1-20,33-34H;1-8H,12H2. The van der Waals surface area contributed by atoms with E-state index in [9.17, 15) is 0 Å². The van der Waals surface area contributed by atoms with Crippen LogP contribution in [0.4, 0.5) is 5.69 Å². The minimum Gasteiger partial charge on any atom is -0.399 e. The van der Waals surface area contributed by atoms with Gasteiger partial charge in [-0.2, -0.15) is 0 Å². The smallest absolute Gasteiger partial charge is 0.0795 e. The average molecular weight is 605 g/mol. The second-order valence-electron chi connectivity index (χ2n) is 11.4. The summed E-state index contributed by atoms with van der Waals surface area (Å²) in [6.07, 6.45) is 8.91. The molecule has 4 N–H and O–H groups in total. The number of nitrogens with zero attached hydrogens (tertiary/aromatic N) is 1. The van der Waals surface area contributed by atoms with Gasteiger partial charge in [0.1, 0.15) is 0 Å². The van der Waals surface area contributed by atoms with E-state index in [0.717, 1.165) is 28.0 Å². The largest absolute Gasteiger partial charge is 0.399 e. The molecule has 1 heterocycles. The highest BCUT2D eigenvalue weighted by Gasteiger charge is 2.16. The second kappa shape index (κ2) is 12.9. The van der Waals surface area contributed by atoms with Crippen LogP contribution < -0.4 is 5.73 Å². The van der Waals surface area contributed by atoms with Crippen molar-refractivity contribution < 1.29 is 0 Å². The quantitative estimate of drug-likeness (QED) is 0.106. The van der Waals surface area contributed by atoms with E-state index in [2.05, 4.69) is 108 Å².